The first-order valence-electron chi connectivity index (χ1n) is 29.3. The maximum Gasteiger partial charge on any atom is 0.325 e. The number of aliphatic hydroxyl groups is 3. The summed E-state index contributed by atoms with van der Waals surface area (Å²) >= 11 is 0. The third-order valence-electron chi connectivity index (χ3n) is 14.2. The molecule has 0 saturated carbocycles. The van der Waals surface area contributed by atoms with Crippen LogP contribution in [0.3, 0.4) is 0 Å². The van der Waals surface area contributed by atoms with Crippen LogP contribution in [0.15, 0.2) is 30.3 Å². The van der Waals surface area contributed by atoms with Crippen molar-refractivity contribution >= 4 is 82.8 Å². The van der Waals surface area contributed by atoms with Crippen molar-refractivity contribution in [1.82, 2.24) is 58.5 Å². The third kappa shape index (κ3) is 27.3. The number of aliphatic hydroxyl groups excluding tert-OH is 3. The van der Waals surface area contributed by atoms with Gasteiger partial charge < -0.3 is 95.5 Å². The molecule has 0 aliphatic carbocycles. The minimum atomic E-state index is -2.00. The lowest BCUT2D eigenvalue weighted by Crippen LogP contribution is -2.63. The van der Waals surface area contributed by atoms with Crippen molar-refractivity contribution in [2.75, 3.05) is 13.2 Å². The number of nitrogens with one attached hydrogen (secondary N) is 11. The molecule has 1 aromatic carbocycles. The van der Waals surface area contributed by atoms with E-state index in [-0.39, 0.29) is 38.0 Å². The van der Waals surface area contributed by atoms with Gasteiger partial charge in [-0.15, -0.1) is 0 Å². The maximum atomic E-state index is 14.2. The number of benzene rings is 1. The second-order valence-corrected chi connectivity index (χ2v) is 22.7. The fourth-order valence-corrected chi connectivity index (χ4v) is 8.45. The number of carboxylic acids is 2. The largest absolute Gasteiger partial charge is 0.481 e. The molecule has 12 amide bonds. The molecule has 0 unspecified atom stereocenters. The van der Waals surface area contributed by atoms with Crippen LogP contribution >= 0.6 is 0 Å². The molecule has 0 heterocycles. The van der Waals surface area contributed by atoms with Crippen LogP contribution in [0.2, 0.25) is 0 Å². The Balaban J connectivity index is 3.44. The number of carboxylic acid groups (broad SMARTS) is 2. The minimum absolute atomic E-state index is 0.0405. The molecule has 32 heteroatoms. The highest BCUT2D eigenvalue weighted by Gasteiger charge is 2.39. The van der Waals surface area contributed by atoms with Gasteiger partial charge in [-0.05, 0) is 62.8 Å². The fraction of sp³-hybridized carbons (Fsp3) is 0.649. The Labute approximate surface area is 516 Å². The molecule has 1 aromatic rings. The molecule has 0 spiro atoms. The lowest BCUT2D eigenvalue weighted by Gasteiger charge is -2.31. The van der Waals surface area contributed by atoms with Gasteiger partial charge in [-0.3, -0.25) is 67.1 Å². The Morgan fingerprint density at radius 1 is 0.461 bits per heavy atom. The SMILES string of the molecule is CC[C@H](C)[C@H](NC(=O)[C@H](Cc1ccccc1)NC(=O)[C@H](CCC(=O)O)NC(=O)[C@H](C)N)C(=O)N[C@@H](CO)C(=O)N[C@H](C(=O)N[C@@H](CC(N)=O)C(=O)N[C@H](C(=O)N[C@H](C(=O)N[C@@H](CO)C(=O)N[C@@H](CC(C)C)C(=O)N[C@@H](C)C(=O)O)[C@@H](C)CC)C(C)C)[C@@H](C)O. The molecule has 0 saturated heterocycles. The monoisotopic (exact) mass is 1260 g/mol. The molecule has 500 valence electrons. The lowest BCUT2D eigenvalue weighted by atomic mass is 9.96. The van der Waals surface area contributed by atoms with Crippen molar-refractivity contribution in [3.8, 4) is 0 Å². The van der Waals surface area contributed by atoms with Crippen LogP contribution in [-0.4, -0.2) is 200 Å². The van der Waals surface area contributed by atoms with Crippen molar-refractivity contribution in [3.63, 3.8) is 0 Å². The highest BCUT2D eigenvalue weighted by molar-refractivity contribution is 6.00. The minimum Gasteiger partial charge on any atom is -0.481 e. The van der Waals surface area contributed by atoms with E-state index in [1.807, 2.05) is 0 Å². The fourth-order valence-electron chi connectivity index (χ4n) is 8.45. The summed E-state index contributed by atoms with van der Waals surface area (Å²) < 4.78 is 0. The summed E-state index contributed by atoms with van der Waals surface area (Å²) in [6.45, 7) is 14.4. The summed E-state index contributed by atoms with van der Waals surface area (Å²) in [5, 5.41) is 76.1. The van der Waals surface area contributed by atoms with Gasteiger partial charge in [0.25, 0.3) is 0 Å². The first-order chi connectivity index (χ1) is 41.5. The smallest absolute Gasteiger partial charge is 0.325 e. The van der Waals surface area contributed by atoms with Gasteiger partial charge in [0.15, 0.2) is 0 Å². The predicted molar refractivity (Wildman–Crippen MR) is 318 cm³/mol. The molecule has 32 nitrogen and oxygen atoms in total. The summed E-state index contributed by atoms with van der Waals surface area (Å²) in [5.41, 5.74) is 11.7. The first kappa shape index (κ1) is 78.7. The Kier molecular flexibility index (Phi) is 34.3. The average molecular weight is 1260 g/mol. The summed E-state index contributed by atoms with van der Waals surface area (Å²) in [6, 6.07) is -10.3. The maximum absolute atomic E-state index is 14.2. The van der Waals surface area contributed by atoms with Crippen LogP contribution in [0.1, 0.15) is 120 Å². The summed E-state index contributed by atoms with van der Waals surface area (Å²) in [5.74, 6) is -17.5. The van der Waals surface area contributed by atoms with E-state index in [0.29, 0.717) is 5.56 Å². The summed E-state index contributed by atoms with van der Waals surface area (Å²) in [4.78, 5) is 186. The van der Waals surface area contributed by atoms with Crippen molar-refractivity contribution in [2.24, 2.45) is 35.1 Å². The zero-order valence-electron chi connectivity index (χ0n) is 52.2. The molecule has 89 heavy (non-hydrogen) atoms. The number of carbonyl (C=O) groups excluding carboxylic acids is 12. The van der Waals surface area contributed by atoms with Crippen LogP contribution in [0.5, 0.6) is 0 Å². The van der Waals surface area contributed by atoms with E-state index in [0.717, 1.165) is 6.92 Å². The Bertz CT molecular complexity index is 2610. The van der Waals surface area contributed by atoms with Crippen molar-refractivity contribution < 1.29 is 92.7 Å². The number of carbonyl (C=O) groups is 14. The van der Waals surface area contributed by atoms with E-state index in [4.69, 9.17) is 11.5 Å². The average Bonchev–Trinajstić information content (AvgIpc) is 3.68. The lowest BCUT2D eigenvalue weighted by molar-refractivity contribution is -0.142. The predicted octanol–water partition coefficient (Wildman–Crippen LogP) is -5.09. The molecule has 0 bridgehead atoms. The quantitative estimate of drug-likeness (QED) is 0.0292. The Morgan fingerprint density at radius 3 is 1.28 bits per heavy atom. The number of rotatable bonds is 40. The Hall–Kier alpha value is -8.36. The standard InChI is InChI=1S/C57H93N13O19/c1-12-28(7)43(68-49(80)36(22-33-17-15-14-16-18-33)63-47(78)34(19-20-41(75)76)61-46(77)30(9)58)54(85)66-39(25-72)52(83)70-45(32(11)73)56(87)64-37(23-40(59)74)50(81)67-42(27(5)6)53(84)69-44(29(8)13-2)55(86)65-38(24-71)51(82)62-35(21-26(3)4)48(79)60-31(10)57(88)89/h14-18,26-32,34-39,42-45,71-73H,12-13,19-25,58H2,1-11H3,(H2,59,74)(H,60,79)(H,61,77)(H,62,82)(H,63,78)(H,64,87)(H,65,86)(H,66,85)(H,67,81)(H,68,80)(H,69,84)(H,70,83)(H,75,76)(H,88,89)/t28-,29-,30-,31-,32+,34-,35-,36-,37-,38-,39-,42-,43-,44-,45-/m0/s1. The van der Waals surface area contributed by atoms with Crippen molar-refractivity contribution in [2.45, 2.75) is 200 Å². The number of hydrogen-bond acceptors (Lipinski definition) is 18. The zero-order chi connectivity index (χ0) is 68.2. The van der Waals surface area contributed by atoms with Gasteiger partial charge >= 0.3 is 11.9 Å². The van der Waals surface area contributed by atoms with Crippen LogP contribution in [0.25, 0.3) is 0 Å². The van der Waals surface area contributed by atoms with E-state index in [9.17, 15) is 92.7 Å². The number of aliphatic carboxylic acids is 2. The molecule has 0 fully saturated rings. The molecule has 0 aliphatic heterocycles. The number of amides is 12. The van der Waals surface area contributed by atoms with Crippen LogP contribution < -0.4 is 70.0 Å². The van der Waals surface area contributed by atoms with Gasteiger partial charge in [-0.1, -0.05) is 98.6 Å². The van der Waals surface area contributed by atoms with Gasteiger partial charge in [-0.25, -0.2) is 0 Å². The normalized spacial score (nSPS) is 16.3. The van der Waals surface area contributed by atoms with Crippen molar-refractivity contribution in [1.29, 1.82) is 0 Å². The van der Waals surface area contributed by atoms with Crippen molar-refractivity contribution in [3.05, 3.63) is 35.9 Å². The summed E-state index contributed by atoms with van der Waals surface area (Å²) in [7, 11) is 0. The van der Waals surface area contributed by atoms with Crippen LogP contribution in [0.4, 0.5) is 0 Å². The van der Waals surface area contributed by atoms with Gasteiger partial charge in [0.05, 0.1) is 31.8 Å². The number of nitrogens with two attached hydrogens (primary N) is 2. The molecule has 1 rings (SSSR count). The summed E-state index contributed by atoms with van der Waals surface area (Å²) in [6.07, 6.45) is -3.32. The first-order valence-corrected chi connectivity index (χ1v) is 29.3. The van der Waals surface area contributed by atoms with Gasteiger partial charge in [-0.2, -0.15) is 0 Å². The third-order valence-corrected chi connectivity index (χ3v) is 14.2. The highest BCUT2D eigenvalue weighted by Crippen LogP contribution is 2.15. The number of primary amides is 1. The van der Waals surface area contributed by atoms with Crippen LogP contribution in [0, 0.1) is 23.7 Å². The molecule has 0 radical (unpaired) electrons. The molecule has 15 atom stereocenters. The molecule has 20 N–H and O–H groups in total. The Morgan fingerprint density at radius 2 is 0.843 bits per heavy atom. The molecular formula is C57H93N13O19. The van der Waals surface area contributed by atoms with Crippen LogP contribution in [-0.2, 0) is 73.5 Å². The van der Waals surface area contributed by atoms with E-state index in [1.165, 1.54) is 27.7 Å². The molecule has 0 aliphatic rings. The van der Waals surface area contributed by atoms with Gasteiger partial charge in [0.1, 0.15) is 66.5 Å². The van der Waals surface area contributed by atoms with Gasteiger partial charge in [0, 0.05) is 12.8 Å². The molecule has 0 aromatic heterocycles. The second kappa shape index (κ2) is 38.8. The highest BCUT2D eigenvalue weighted by atomic mass is 16.4. The van der Waals surface area contributed by atoms with E-state index >= 15 is 0 Å². The number of hydrogen-bond donors (Lipinski definition) is 18. The van der Waals surface area contributed by atoms with E-state index < -0.39 is 205 Å². The van der Waals surface area contributed by atoms with E-state index in [1.54, 1.807) is 71.9 Å². The van der Waals surface area contributed by atoms with Gasteiger partial charge in [0.2, 0.25) is 70.9 Å². The topological polar surface area (TPSA) is 524 Å². The second-order valence-electron chi connectivity index (χ2n) is 22.7. The molecular weight excluding hydrogens is 1170 g/mol. The zero-order valence-corrected chi connectivity index (χ0v) is 52.2. The van der Waals surface area contributed by atoms with E-state index in [2.05, 4.69) is 58.5 Å².